The number of nitrogens with one attached hydrogen (secondary N) is 1. The van der Waals surface area contributed by atoms with Gasteiger partial charge in [0.05, 0.1) is 29.4 Å². The first kappa shape index (κ1) is 22.9. The Morgan fingerprint density at radius 1 is 0.972 bits per heavy atom. The number of hydrogen-bond donors (Lipinski definition) is 2. The Morgan fingerprint density at radius 3 is 2.39 bits per heavy atom. The first-order valence-corrected chi connectivity index (χ1v) is 11.9. The Hall–Kier alpha value is -3.50. The molecule has 6 rings (SSSR count). The van der Waals surface area contributed by atoms with E-state index in [4.69, 9.17) is 35.7 Å². The highest BCUT2D eigenvalue weighted by molar-refractivity contribution is 6.33. The predicted octanol–water partition coefficient (Wildman–Crippen LogP) is 3.96. The Kier molecular flexibility index (Phi) is 6.06. The summed E-state index contributed by atoms with van der Waals surface area (Å²) in [6.07, 6.45) is -1.65. The molecule has 0 aliphatic carbocycles. The van der Waals surface area contributed by atoms with E-state index in [9.17, 15) is 4.79 Å². The molecule has 2 aromatic carbocycles. The van der Waals surface area contributed by atoms with Crippen LogP contribution in [0.4, 0.5) is 0 Å². The maximum absolute atomic E-state index is 10.8. The van der Waals surface area contributed by atoms with Crippen molar-refractivity contribution in [2.45, 2.75) is 24.4 Å². The molecule has 0 amide bonds. The van der Waals surface area contributed by atoms with Crippen LogP contribution in [0.25, 0.3) is 33.5 Å². The average Bonchev–Trinajstić information content (AvgIpc) is 3.59. The van der Waals surface area contributed by atoms with E-state index in [1.807, 2.05) is 42.5 Å². The van der Waals surface area contributed by atoms with Gasteiger partial charge in [0.2, 0.25) is 0 Å². The summed E-state index contributed by atoms with van der Waals surface area (Å²) in [6.45, 7) is 0.109. The fraction of sp³-hybridized carbons (Fsp3) is 0.269. The van der Waals surface area contributed by atoms with Gasteiger partial charge in [0.1, 0.15) is 24.9 Å². The molecule has 2 aromatic heterocycles. The normalized spacial score (nSPS) is 23.1. The lowest BCUT2D eigenvalue weighted by atomic mass is 10.0. The van der Waals surface area contributed by atoms with E-state index in [0.29, 0.717) is 21.9 Å². The topological polar surface area (TPSA) is 116 Å². The summed E-state index contributed by atoms with van der Waals surface area (Å²) in [6, 6.07) is 20.2. The second kappa shape index (κ2) is 9.51. The molecule has 184 valence electrons. The average molecular weight is 508 g/mol. The largest absolute Gasteiger partial charge is 0.480 e. The van der Waals surface area contributed by atoms with Gasteiger partial charge in [-0.15, -0.1) is 0 Å². The zero-order valence-corrected chi connectivity index (χ0v) is 19.7. The number of imidazole rings is 1. The minimum absolute atomic E-state index is 0.242. The summed E-state index contributed by atoms with van der Waals surface area (Å²) in [5.74, 6) is -1.04. The van der Waals surface area contributed by atoms with Gasteiger partial charge in [-0.3, -0.25) is 0 Å². The molecule has 36 heavy (non-hydrogen) atoms. The first-order valence-electron chi connectivity index (χ1n) is 11.5. The molecule has 0 spiro atoms. The number of carbonyl (C=O) groups is 1. The van der Waals surface area contributed by atoms with Crippen molar-refractivity contribution in [3.05, 3.63) is 65.7 Å². The second-order valence-corrected chi connectivity index (χ2v) is 9.08. The number of pyridine rings is 1. The summed E-state index contributed by atoms with van der Waals surface area (Å²) in [5.41, 5.74) is 4.87. The third-order valence-electron chi connectivity index (χ3n) is 6.32. The van der Waals surface area contributed by atoms with Crippen molar-refractivity contribution in [1.29, 1.82) is 0 Å². The molecule has 0 radical (unpaired) electrons. The van der Waals surface area contributed by atoms with Gasteiger partial charge in [-0.2, -0.15) is 4.98 Å². The molecule has 9 nitrogen and oxygen atoms in total. The van der Waals surface area contributed by atoms with Crippen molar-refractivity contribution >= 4 is 28.7 Å². The Morgan fingerprint density at radius 2 is 1.64 bits per heavy atom. The lowest BCUT2D eigenvalue weighted by molar-refractivity contribution is -0.146. The van der Waals surface area contributed by atoms with Gasteiger partial charge in [0.15, 0.2) is 11.8 Å². The van der Waals surface area contributed by atoms with E-state index >= 15 is 0 Å². The van der Waals surface area contributed by atoms with E-state index in [-0.39, 0.29) is 25.3 Å². The molecule has 2 aliphatic heterocycles. The minimum Gasteiger partial charge on any atom is -0.480 e. The number of ether oxygens (including phenoxy) is 4. The number of benzene rings is 2. The quantitative estimate of drug-likeness (QED) is 0.386. The maximum Gasteiger partial charge on any atom is 0.329 e. The Bertz CT molecular complexity index is 1390. The number of carboxylic acids is 1. The van der Waals surface area contributed by atoms with Gasteiger partial charge in [-0.05, 0) is 17.2 Å². The smallest absolute Gasteiger partial charge is 0.329 e. The van der Waals surface area contributed by atoms with Gasteiger partial charge in [0, 0.05) is 5.56 Å². The summed E-state index contributed by atoms with van der Waals surface area (Å²) >= 11 is 6.57. The van der Waals surface area contributed by atoms with Gasteiger partial charge in [0.25, 0.3) is 6.01 Å². The van der Waals surface area contributed by atoms with Crippen molar-refractivity contribution in [1.82, 2.24) is 15.0 Å². The molecule has 0 bridgehead atoms. The third-order valence-corrected chi connectivity index (χ3v) is 6.60. The first-order chi connectivity index (χ1) is 17.5. The van der Waals surface area contributed by atoms with Crippen molar-refractivity contribution in [2.75, 3.05) is 19.8 Å². The molecular formula is C26H22ClN3O6. The van der Waals surface area contributed by atoms with E-state index < -0.39 is 30.9 Å². The summed E-state index contributed by atoms with van der Waals surface area (Å²) in [4.78, 5) is 23.1. The molecule has 2 fully saturated rings. The summed E-state index contributed by atoms with van der Waals surface area (Å²) in [7, 11) is 0. The highest BCUT2D eigenvalue weighted by Gasteiger charge is 2.50. The molecule has 0 saturated carbocycles. The van der Waals surface area contributed by atoms with E-state index in [1.165, 1.54) is 0 Å². The number of rotatable bonds is 7. The molecular weight excluding hydrogens is 486 g/mol. The number of nitrogens with zero attached hydrogens (tertiary/aromatic N) is 2. The standard InChI is InChI=1S/C26H22ClN3O6/c27-17-10-18-25(29-22(17)16-8-6-15(7-9-16)14-4-2-1-3-5-14)30-26(28-18)36-20-12-35-23-19(11-34-24(20)23)33-13-21(31)32/h1-10,19-20,23-24H,11-13H2,(H,31,32)(H,28,29,30)/t19-,20-,23?,24?/m1/s1. The van der Waals surface area contributed by atoms with Crippen LogP contribution < -0.4 is 4.74 Å². The van der Waals surface area contributed by atoms with Crippen molar-refractivity contribution in [2.24, 2.45) is 0 Å². The van der Waals surface area contributed by atoms with Crippen LogP contribution in [0.3, 0.4) is 0 Å². The molecule has 2 aliphatic rings. The second-order valence-electron chi connectivity index (χ2n) is 8.67. The molecule has 4 atom stereocenters. The number of aromatic amines is 1. The Labute approximate surface area is 210 Å². The van der Waals surface area contributed by atoms with Crippen LogP contribution in [0, 0.1) is 0 Å². The molecule has 2 unspecified atom stereocenters. The zero-order valence-electron chi connectivity index (χ0n) is 19.0. The molecule has 4 heterocycles. The number of carboxylic acid groups (broad SMARTS) is 1. The van der Waals surface area contributed by atoms with Crippen LogP contribution >= 0.6 is 11.6 Å². The minimum atomic E-state index is -1.04. The van der Waals surface area contributed by atoms with Crippen LogP contribution in [0.1, 0.15) is 0 Å². The van der Waals surface area contributed by atoms with Crippen molar-refractivity contribution in [3.8, 4) is 28.4 Å². The SMILES string of the molecule is O=C(O)CO[C@@H]1COC2C1OC[C@H]2Oc1nc2nc(-c3ccc(-c4ccccc4)cc3)c(Cl)cc2[nH]1. The number of fused-ring (bicyclic) bond motifs is 2. The monoisotopic (exact) mass is 507 g/mol. The maximum atomic E-state index is 10.8. The van der Waals surface area contributed by atoms with Gasteiger partial charge < -0.3 is 29.0 Å². The van der Waals surface area contributed by atoms with Crippen LogP contribution in [-0.2, 0) is 19.0 Å². The number of H-pyrrole nitrogens is 1. The Balaban J connectivity index is 1.19. The number of hydrogen-bond acceptors (Lipinski definition) is 7. The number of aromatic nitrogens is 3. The summed E-state index contributed by atoms with van der Waals surface area (Å²) < 4.78 is 22.9. The number of aliphatic carboxylic acids is 1. The fourth-order valence-corrected chi connectivity index (χ4v) is 4.86. The highest BCUT2D eigenvalue weighted by Crippen LogP contribution is 2.33. The molecule has 10 heteroatoms. The van der Waals surface area contributed by atoms with Crippen LogP contribution in [0.5, 0.6) is 6.01 Å². The molecule has 2 N–H and O–H groups in total. The fourth-order valence-electron chi connectivity index (χ4n) is 4.60. The van der Waals surface area contributed by atoms with Crippen molar-refractivity contribution < 1.29 is 28.8 Å². The van der Waals surface area contributed by atoms with Gasteiger partial charge in [-0.1, -0.05) is 66.2 Å². The highest BCUT2D eigenvalue weighted by atomic mass is 35.5. The van der Waals surface area contributed by atoms with Gasteiger partial charge in [-0.25, -0.2) is 9.78 Å². The lowest BCUT2D eigenvalue weighted by Gasteiger charge is -2.16. The molecule has 2 saturated heterocycles. The molecule has 4 aromatic rings. The number of halogens is 1. The zero-order chi connectivity index (χ0) is 24.6. The third kappa shape index (κ3) is 4.42. The summed E-state index contributed by atoms with van der Waals surface area (Å²) in [5, 5.41) is 9.33. The predicted molar refractivity (Wildman–Crippen MR) is 131 cm³/mol. The van der Waals surface area contributed by atoms with Crippen molar-refractivity contribution in [3.63, 3.8) is 0 Å². The van der Waals surface area contributed by atoms with E-state index in [1.54, 1.807) is 6.07 Å². The van der Waals surface area contributed by atoms with Crippen LogP contribution in [0.2, 0.25) is 5.02 Å². The van der Waals surface area contributed by atoms with E-state index in [2.05, 4.69) is 27.1 Å². The van der Waals surface area contributed by atoms with Gasteiger partial charge >= 0.3 is 5.97 Å². The van der Waals surface area contributed by atoms with Crippen LogP contribution in [-0.4, -0.2) is 70.3 Å². The van der Waals surface area contributed by atoms with E-state index in [0.717, 1.165) is 16.7 Å². The van der Waals surface area contributed by atoms with Crippen LogP contribution in [0.15, 0.2) is 60.7 Å². The lowest BCUT2D eigenvalue weighted by Crippen LogP contribution is -2.36.